The molecule has 0 radical (unpaired) electrons. The molecule has 1 aromatic carbocycles. The van der Waals surface area contributed by atoms with Crippen LogP contribution >= 0.6 is 15.9 Å². The Morgan fingerprint density at radius 1 is 1.55 bits per heavy atom. The van der Waals surface area contributed by atoms with Gasteiger partial charge in [0.25, 0.3) is 5.91 Å². The minimum Gasteiger partial charge on any atom is -0.409 e. The first-order valence-corrected chi connectivity index (χ1v) is 7.04. The van der Waals surface area contributed by atoms with Gasteiger partial charge in [-0.25, -0.2) is 0 Å². The quantitative estimate of drug-likeness (QED) is 0.339. The topological polar surface area (TPSA) is 96.9 Å². The Morgan fingerprint density at radius 2 is 2.30 bits per heavy atom. The fourth-order valence-electron chi connectivity index (χ4n) is 2.04. The molecule has 2 rings (SSSR count). The molecule has 1 aromatic rings. The molecule has 4 N–H and O–H groups in total. The Kier molecular flexibility index (Phi) is 4.61. The first-order chi connectivity index (χ1) is 9.51. The van der Waals surface area contributed by atoms with Gasteiger partial charge in [-0.3, -0.25) is 4.79 Å². The average molecular weight is 342 g/mol. The number of hydrogen-bond donors (Lipinski definition) is 3. The maximum Gasteiger partial charge on any atom is 0.253 e. The first-order valence-electron chi connectivity index (χ1n) is 6.25. The highest BCUT2D eigenvalue weighted by molar-refractivity contribution is 9.10. The molecule has 0 aliphatic carbocycles. The van der Waals surface area contributed by atoms with Gasteiger partial charge >= 0.3 is 0 Å². The molecule has 20 heavy (non-hydrogen) atoms. The summed E-state index contributed by atoms with van der Waals surface area (Å²) in [5.41, 5.74) is 6.68. The van der Waals surface area contributed by atoms with Gasteiger partial charge in [0.2, 0.25) is 0 Å². The molecule has 1 saturated heterocycles. The average Bonchev–Trinajstić information content (AvgIpc) is 2.86. The number of oxime groups is 1. The van der Waals surface area contributed by atoms with Crippen LogP contribution in [0.3, 0.4) is 0 Å². The number of anilines is 1. The number of hydrogen-bond acceptors (Lipinski definition) is 4. The Hall–Kier alpha value is -1.60. The number of benzene rings is 1. The van der Waals surface area contributed by atoms with Gasteiger partial charge in [0.15, 0.2) is 5.84 Å². The van der Waals surface area contributed by atoms with Crippen LogP contribution in [0.1, 0.15) is 25.3 Å². The second-order valence-corrected chi connectivity index (χ2v) is 5.54. The van der Waals surface area contributed by atoms with E-state index in [0.29, 0.717) is 15.7 Å². The van der Waals surface area contributed by atoms with Crippen molar-refractivity contribution in [2.45, 2.75) is 32.0 Å². The number of nitrogens with zero attached hydrogens (tertiary/aromatic N) is 1. The van der Waals surface area contributed by atoms with E-state index in [-0.39, 0.29) is 17.8 Å². The predicted octanol–water partition coefficient (Wildman–Crippen LogP) is 2.05. The van der Waals surface area contributed by atoms with Gasteiger partial charge in [-0.15, -0.1) is 0 Å². The summed E-state index contributed by atoms with van der Waals surface area (Å²) in [5.74, 6) is -0.150. The molecule has 1 aliphatic rings. The lowest BCUT2D eigenvalue weighted by atomic mass is 10.1. The highest BCUT2D eigenvalue weighted by Gasteiger charge is 2.28. The van der Waals surface area contributed by atoms with Crippen molar-refractivity contribution in [3.05, 3.63) is 28.2 Å². The number of nitrogens with two attached hydrogens (primary N) is 1. The van der Waals surface area contributed by atoms with Crippen molar-refractivity contribution in [2.24, 2.45) is 10.9 Å². The second kappa shape index (κ2) is 6.23. The maximum atomic E-state index is 12.0. The molecule has 1 fully saturated rings. The molecule has 0 bridgehead atoms. The van der Waals surface area contributed by atoms with Crippen LogP contribution in [0.5, 0.6) is 0 Å². The van der Waals surface area contributed by atoms with Crippen LogP contribution in [0.15, 0.2) is 27.8 Å². The van der Waals surface area contributed by atoms with Gasteiger partial charge in [0.05, 0.1) is 11.8 Å². The number of amidine groups is 1. The number of halogens is 1. The summed E-state index contributed by atoms with van der Waals surface area (Å²) < 4.78 is 6.17. The Morgan fingerprint density at radius 3 is 2.85 bits per heavy atom. The molecule has 2 unspecified atom stereocenters. The summed E-state index contributed by atoms with van der Waals surface area (Å²) in [5, 5.41) is 14.4. The van der Waals surface area contributed by atoms with E-state index < -0.39 is 6.10 Å². The Bertz CT molecular complexity index is 548. The van der Waals surface area contributed by atoms with Crippen LogP contribution < -0.4 is 11.1 Å². The summed E-state index contributed by atoms with van der Waals surface area (Å²) in [6, 6.07) is 5.02. The van der Waals surface area contributed by atoms with E-state index >= 15 is 0 Å². The number of ether oxygens (including phenoxy) is 1. The number of rotatable bonds is 3. The maximum absolute atomic E-state index is 12.0. The van der Waals surface area contributed by atoms with Crippen LogP contribution in [0.2, 0.25) is 0 Å². The summed E-state index contributed by atoms with van der Waals surface area (Å²) >= 11 is 3.35. The van der Waals surface area contributed by atoms with Gasteiger partial charge in [-0.1, -0.05) is 5.16 Å². The van der Waals surface area contributed by atoms with Gasteiger partial charge in [0, 0.05) is 10.0 Å². The van der Waals surface area contributed by atoms with E-state index in [2.05, 4.69) is 26.4 Å². The minimum atomic E-state index is -0.402. The fraction of sp³-hybridized carbons (Fsp3) is 0.385. The highest BCUT2D eigenvalue weighted by Crippen LogP contribution is 2.26. The molecule has 1 amide bonds. The van der Waals surface area contributed by atoms with E-state index in [1.807, 2.05) is 6.92 Å². The van der Waals surface area contributed by atoms with E-state index in [9.17, 15) is 4.79 Å². The molecule has 0 aromatic heterocycles. The minimum absolute atomic E-state index is 0.0107. The standard InChI is InChI=1S/C13H16BrN3O3/c1-7-2-5-11(20-7)13(18)16-10-4-3-8(6-9(10)14)12(15)17-19/h3-4,6-7,11,19H,2,5H2,1H3,(H2,15,17)(H,16,18). The summed E-state index contributed by atoms with van der Waals surface area (Å²) in [6.45, 7) is 1.95. The van der Waals surface area contributed by atoms with Crippen molar-refractivity contribution < 1.29 is 14.7 Å². The monoisotopic (exact) mass is 341 g/mol. The zero-order chi connectivity index (χ0) is 14.7. The molecule has 108 valence electrons. The van der Waals surface area contributed by atoms with Gasteiger partial charge in [-0.05, 0) is 53.9 Å². The molecule has 7 heteroatoms. The number of carbonyl (C=O) groups is 1. The van der Waals surface area contributed by atoms with Crippen molar-refractivity contribution >= 4 is 33.4 Å². The Balaban J connectivity index is 2.08. The third-order valence-electron chi connectivity index (χ3n) is 3.15. The first kappa shape index (κ1) is 14.8. The van der Waals surface area contributed by atoms with Crippen LogP contribution in [0, 0.1) is 0 Å². The molecule has 0 spiro atoms. The molecular weight excluding hydrogens is 326 g/mol. The zero-order valence-corrected chi connectivity index (χ0v) is 12.6. The van der Waals surface area contributed by atoms with Crippen molar-refractivity contribution in [1.82, 2.24) is 0 Å². The van der Waals surface area contributed by atoms with Crippen molar-refractivity contribution in [2.75, 3.05) is 5.32 Å². The largest absolute Gasteiger partial charge is 0.409 e. The van der Waals surface area contributed by atoms with Crippen LogP contribution in [0.4, 0.5) is 5.69 Å². The number of amides is 1. The number of nitrogens with one attached hydrogen (secondary N) is 1. The molecular formula is C13H16BrN3O3. The van der Waals surface area contributed by atoms with E-state index in [1.54, 1.807) is 18.2 Å². The summed E-state index contributed by atoms with van der Waals surface area (Å²) in [6.07, 6.45) is 1.34. The lowest BCUT2D eigenvalue weighted by Gasteiger charge is -2.13. The lowest BCUT2D eigenvalue weighted by molar-refractivity contribution is -0.126. The summed E-state index contributed by atoms with van der Waals surface area (Å²) in [4.78, 5) is 12.0. The van der Waals surface area contributed by atoms with Crippen LogP contribution in [-0.4, -0.2) is 29.2 Å². The Labute approximate surface area is 125 Å². The van der Waals surface area contributed by atoms with Crippen molar-refractivity contribution in [3.63, 3.8) is 0 Å². The highest BCUT2D eigenvalue weighted by atomic mass is 79.9. The van der Waals surface area contributed by atoms with Gasteiger partial charge in [-0.2, -0.15) is 0 Å². The molecule has 1 aliphatic heterocycles. The smallest absolute Gasteiger partial charge is 0.253 e. The van der Waals surface area contributed by atoms with Gasteiger partial charge < -0.3 is 21.0 Å². The lowest BCUT2D eigenvalue weighted by Crippen LogP contribution is -2.27. The normalized spacial score (nSPS) is 22.8. The van der Waals surface area contributed by atoms with Gasteiger partial charge in [0.1, 0.15) is 6.10 Å². The van der Waals surface area contributed by atoms with Crippen LogP contribution in [-0.2, 0) is 9.53 Å². The molecule has 6 nitrogen and oxygen atoms in total. The van der Waals surface area contributed by atoms with E-state index in [4.69, 9.17) is 15.7 Å². The summed E-state index contributed by atoms with van der Waals surface area (Å²) in [7, 11) is 0. The van der Waals surface area contributed by atoms with Crippen LogP contribution in [0.25, 0.3) is 0 Å². The zero-order valence-electron chi connectivity index (χ0n) is 11.0. The number of carbonyl (C=O) groups excluding carboxylic acids is 1. The van der Waals surface area contributed by atoms with Crippen molar-refractivity contribution in [1.29, 1.82) is 0 Å². The second-order valence-electron chi connectivity index (χ2n) is 4.68. The molecule has 1 heterocycles. The van der Waals surface area contributed by atoms with E-state index in [1.165, 1.54) is 0 Å². The fourth-order valence-corrected chi connectivity index (χ4v) is 2.52. The predicted molar refractivity (Wildman–Crippen MR) is 78.9 cm³/mol. The van der Waals surface area contributed by atoms with Crippen molar-refractivity contribution in [3.8, 4) is 0 Å². The SMILES string of the molecule is CC1CCC(C(=O)Nc2ccc(/C(N)=N/O)cc2Br)O1. The third kappa shape index (κ3) is 3.29. The molecule has 2 atom stereocenters. The van der Waals surface area contributed by atoms with E-state index in [0.717, 1.165) is 12.8 Å². The molecule has 0 saturated carbocycles. The third-order valence-corrected chi connectivity index (χ3v) is 3.81.